The Morgan fingerprint density at radius 2 is 2.00 bits per heavy atom. The summed E-state index contributed by atoms with van der Waals surface area (Å²) in [7, 11) is 0. The summed E-state index contributed by atoms with van der Waals surface area (Å²) in [6.07, 6.45) is 5.81. The molecule has 0 radical (unpaired) electrons. The third kappa shape index (κ3) is 3.09. The standard InChI is InChI=1S/C17H22N4O/c1-13(2)20-11-3-4-15(20)12-21-17(22)6-5-16(19-21)14-7-9-18-10-8-14/h5-10,13,15H,3-4,11-12H2,1-2H3. The topological polar surface area (TPSA) is 51.0 Å². The van der Waals surface area contributed by atoms with Gasteiger partial charge in [0, 0.05) is 36.1 Å². The molecule has 116 valence electrons. The molecule has 3 heterocycles. The van der Waals surface area contributed by atoms with Gasteiger partial charge in [0.25, 0.3) is 5.56 Å². The Morgan fingerprint density at radius 3 is 2.73 bits per heavy atom. The van der Waals surface area contributed by atoms with Crippen LogP contribution in [0.5, 0.6) is 0 Å². The molecule has 22 heavy (non-hydrogen) atoms. The third-order valence-electron chi connectivity index (χ3n) is 4.31. The zero-order valence-corrected chi connectivity index (χ0v) is 13.1. The van der Waals surface area contributed by atoms with Crippen molar-refractivity contribution in [2.75, 3.05) is 6.54 Å². The van der Waals surface area contributed by atoms with Gasteiger partial charge >= 0.3 is 0 Å². The monoisotopic (exact) mass is 298 g/mol. The van der Waals surface area contributed by atoms with Crippen molar-refractivity contribution in [2.24, 2.45) is 0 Å². The van der Waals surface area contributed by atoms with Crippen LogP contribution in [-0.4, -0.2) is 38.3 Å². The van der Waals surface area contributed by atoms with Gasteiger partial charge in [-0.25, -0.2) is 4.68 Å². The first-order valence-electron chi connectivity index (χ1n) is 7.89. The first kappa shape index (κ1) is 14.9. The number of hydrogen-bond acceptors (Lipinski definition) is 4. The second-order valence-electron chi connectivity index (χ2n) is 6.10. The van der Waals surface area contributed by atoms with E-state index in [0.29, 0.717) is 18.6 Å². The Bertz CT molecular complexity index is 681. The van der Waals surface area contributed by atoms with Gasteiger partial charge in [-0.15, -0.1) is 0 Å². The van der Waals surface area contributed by atoms with Gasteiger partial charge in [0.05, 0.1) is 12.2 Å². The van der Waals surface area contributed by atoms with Crippen LogP contribution in [-0.2, 0) is 6.54 Å². The molecule has 1 aliphatic heterocycles. The van der Waals surface area contributed by atoms with Gasteiger partial charge in [-0.1, -0.05) is 0 Å². The summed E-state index contributed by atoms with van der Waals surface area (Å²) in [5, 5.41) is 4.55. The molecule has 0 aromatic carbocycles. The highest BCUT2D eigenvalue weighted by Gasteiger charge is 2.27. The van der Waals surface area contributed by atoms with E-state index >= 15 is 0 Å². The molecule has 2 aromatic heterocycles. The molecule has 1 unspecified atom stereocenters. The first-order valence-corrected chi connectivity index (χ1v) is 7.89. The van der Waals surface area contributed by atoms with Crippen LogP contribution in [0.4, 0.5) is 0 Å². The molecule has 5 nitrogen and oxygen atoms in total. The second kappa shape index (κ2) is 6.40. The molecule has 1 aliphatic rings. The van der Waals surface area contributed by atoms with E-state index in [9.17, 15) is 4.79 Å². The minimum absolute atomic E-state index is 0.0339. The number of pyridine rings is 1. The maximum Gasteiger partial charge on any atom is 0.266 e. The SMILES string of the molecule is CC(C)N1CCCC1Cn1nc(-c2ccncc2)ccc1=O. The Morgan fingerprint density at radius 1 is 1.23 bits per heavy atom. The van der Waals surface area contributed by atoms with Gasteiger partial charge in [0.1, 0.15) is 0 Å². The van der Waals surface area contributed by atoms with Crippen molar-refractivity contribution in [3.05, 3.63) is 47.0 Å². The fourth-order valence-corrected chi connectivity index (χ4v) is 3.19. The van der Waals surface area contributed by atoms with E-state index in [2.05, 4.69) is 28.8 Å². The predicted molar refractivity (Wildman–Crippen MR) is 86.6 cm³/mol. The average Bonchev–Trinajstić information content (AvgIpc) is 2.99. The van der Waals surface area contributed by atoms with Crippen LogP contribution in [0, 0.1) is 0 Å². The van der Waals surface area contributed by atoms with Crippen LogP contribution in [0.2, 0.25) is 0 Å². The van der Waals surface area contributed by atoms with Gasteiger partial charge in [0.15, 0.2) is 0 Å². The van der Waals surface area contributed by atoms with Crippen molar-refractivity contribution >= 4 is 0 Å². The van der Waals surface area contributed by atoms with Gasteiger partial charge in [-0.3, -0.25) is 14.7 Å². The van der Waals surface area contributed by atoms with E-state index in [1.165, 1.54) is 6.42 Å². The average molecular weight is 298 g/mol. The summed E-state index contributed by atoms with van der Waals surface area (Å²) >= 11 is 0. The van der Waals surface area contributed by atoms with Crippen LogP contribution >= 0.6 is 0 Å². The molecule has 1 saturated heterocycles. The van der Waals surface area contributed by atoms with Crippen LogP contribution in [0.3, 0.4) is 0 Å². The Kier molecular flexibility index (Phi) is 4.34. The van der Waals surface area contributed by atoms with E-state index in [4.69, 9.17) is 0 Å². The van der Waals surface area contributed by atoms with Gasteiger partial charge in [-0.05, 0) is 51.4 Å². The molecule has 0 bridgehead atoms. The molecule has 3 rings (SSSR count). The van der Waals surface area contributed by atoms with E-state index in [1.807, 2.05) is 12.1 Å². The molecule has 1 fully saturated rings. The van der Waals surface area contributed by atoms with E-state index < -0.39 is 0 Å². The highest BCUT2D eigenvalue weighted by atomic mass is 16.1. The highest BCUT2D eigenvalue weighted by Crippen LogP contribution is 2.21. The van der Waals surface area contributed by atoms with Crippen molar-refractivity contribution in [1.82, 2.24) is 19.7 Å². The quantitative estimate of drug-likeness (QED) is 0.868. The molecule has 5 heteroatoms. The second-order valence-corrected chi connectivity index (χ2v) is 6.10. The fourth-order valence-electron chi connectivity index (χ4n) is 3.19. The van der Waals surface area contributed by atoms with Crippen LogP contribution in [0.15, 0.2) is 41.5 Å². The third-order valence-corrected chi connectivity index (χ3v) is 4.31. The summed E-state index contributed by atoms with van der Waals surface area (Å²) in [6.45, 7) is 6.20. The Labute approximate surface area is 130 Å². The first-order chi connectivity index (χ1) is 10.6. The van der Waals surface area contributed by atoms with Gasteiger partial charge in [0.2, 0.25) is 0 Å². The Hall–Kier alpha value is -2.01. The van der Waals surface area contributed by atoms with Crippen LogP contribution < -0.4 is 5.56 Å². The maximum absolute atomic E-state index is 12.1. The number of rotatable bonds is 4. The minimum Gasteiger partial charge on any atom is -0.296 e. The molecular formula is C17H22N4O. The van der Waals surface area contributed by atoms with E-state index in [0.717, 1.165) is 24.2 Å². The molecule has 1 atom stereocenters. The van der Waals surface area contributed by atoms with Gasteiger partial charge in [-0.2, -0.15) is 5.10 Å². The van der Waals surface area contributed by atoms with Crippen LogP contribution in [0.1, 0.15) is 26.7 Å². The van der Waals surface area contributed by atoms with Crippen molar-refractivity contribution < 1.29 is 0 Å². The lowest BCUT2D eigenvalue weighted by atomic mass is 10.2. The zero-order chi connectivity index (χ0) is 15.5. The summed E-state index contributed by atoms with van der Waals surface area (Å²) < 4.78 is 1.61. The molecule has 0 N–H and O–H groups in total. The summed E-state index contributed by atoms with van der Waals surface area (Å²) in [6, 6.07) is 8.12. The molecule has 0 saturated carbocycles. The zero-order valence-electron chi connectivity index (χ0n) is 13.1. The fraction of sp³-hybridized carbons (Fsp3) is 0.471. The number of aromatic nitrogens is 3. The van der Waals surface area contributed by atoms with Crippen molar-refractivity contribution in [1.29, 1.82) is 0 Å². The smallest absolute Gasteiger partial charge is 0.266 e. The number of likely N-dealkylation sites (tertiary alicyclic amines) is 1. The summed E-state index contributed by atoms with van der Waals surface area (Å²) in [5.41, 5.74) is 1.76. The van der Waals surface area contributed by atoms with Crippen LogP contribution in [0.25, 0.3) is 11.3 Å². The van der Waals surface area contributed by atoms with E-state index in [-0.39, 0.29) is 5.56 Å². The lowest BCUT2D eigenvalue weighted by Gasteiger charge is -2.28. The lowest BCUT2D eigenvalue weighted by molar-refractivity contribution is 0.182. The van der Waals surface area contributed by atoms with Gasteiger partial charge < -0.3 is 0 Å². The Balaban J connectivity index is 1.86. The van der Waals surface area contributed by atoms with E-state index in [1.54, 1.807) is 29.2 Å². The lowest BCUT2D eigenvalue weighted by Crippen LogP contribution is -2.40. The predicted octanol–water partition coefficient (Wildman–Crippen LogP) is 2.18. The molecule has 2 aromatic rings. The van der Waals surface area contributed by atoms with Crippen molar-refractivity contribution in [2.45, 2.75) is 45.3 Å². The molecule has 0 aliphatic carbocycles. The van der Waals surface area contributed by atoms with Crippen molar-refractivity contribution in [3.63, 3.8) is 0 Å². The largest absolute Gasteiger partial charge is 0.296 e. The molecule has 0 amide bonds. The normalized spacial score (nSPS) is 19.0. The number of hydrogen-bond donors (Lipinski definition) is 0. The summed E-state index contributed by atoms with van der Waals surface area (Å²) in [5.74, 6) is 0. The molecule has 0 spiro atoms. The number of nitrogens with zero attached hydrogens (tertiary/aromatic N) is 4. The minimum atomic E-state index is -0.0339. The highest BCUT2D eigenvalue weighted by molar-refractivity contribution is 5.56. The maximum atomic E-state index is 12.1. The van der Waals surface area contributed by atoms with Crippen molar-refractivity contribution in [3.8, 4) is 11.3 Å². The molecular weight excluding hydrogens is 276 g/mol. The summed E-state index contributed by atoms with van der Waals surface area (Å²) in [4.78, 5) is 18.6.